The van der Waals surface area contributed by atoms with Gasteiger partial charge in [0.1, 0.15) is 11.4 Å². The van der Waals surface area contributed by atoms with Crippen LogP contribution >= 0.6 is 12.2 Å². The van der Waals surface area contributed by atoms with Gasteiger partial charge in [-0.1, -0.05) is 6.07 Å². The van der Waals surface area contributed by atoms with Crippen molar-refractivity contribution >= 4 is 40.3 Å². The summed E-state index contributed by atoms with van der Waals surface area (Å²) in [5.41, 5.74) is 1.77. The average molecular weight is 400 g/mol. The van der Waals surface area contributed by atoms with Gasteiger partial charge in [-0.15, -0.1) is 0 Å². The first-order valence-electron chi connectivity index (χ1n) is 8.80. The number of aryl methyl sites for hydroxylation is 1. The summed E-state index contributed by atoms with van der Waals surface area (Å²) in [7, 11) is 0. The molecular formula is C19H20N4O4S. The Morgan fingerprint density at radius 2 is 1.93 bits per heavy atom. The number of aromatic hydroxyl groups is 1. The number of nitrogens with zero attached hydrogens (tertiary/aromatic N) is 2. The smallest absolute Gasteiger partial charge is 0.293 e. The number of phenols is 1. The van der Waals surface area contributed by atoms with E-state index in [2.05, 4.69) is 10.6 Å². The van der Waals surface area contributed by atoms with Gasteiger partial charge in [0.2, 0.25) is 0 Å². The largest absolute Gasteiger partial charge is 0.506 e. The number of amides is 1. The molecule has 1 saturated heterocycles. The van der Waals surface area contributed by atoms with Gasteiger partial charge in [0.25, 0.3) is 11.6 Å². The lowest BCUT2D eigenvalue weighted by Crippen LogP contribution is -2.34. The van der Waals surface area contributed by atoms with Crippen molar-refractivity contribution in [2.24, 2.45) is 0 Å². The van der Waals surface area contributed by atoms with Crippen LogP contribution in [-0.2, 0) is 0 Å². The highest BCUT2D eigenvalue weighted by molar-refractivity contribution is 7.80. The minimum absolute atomic E-state index is 0.00204. The molecule has 0 saturated carbocycles. The number of benzene rings is 2. The number of nitro groups is 1. The van der Waals surface area contributed by atoms with Gasteiger partial charge < -0.3 is 15.3 Å². The Kier molecular flexibility index (Phi) is 5.74. The minimum atomic E-state index is -0.569. The monoisotopic (exact) mass is 400 g/mol. The first kappa shape index (κ1) is 19.6. The van der Waals surface area contributed by atoms with E-state index in [1.807, 2.05) is 11.8 Å². The third-order valence-corrected chi connectivity index (χ3v) is 4.71. The van der Waals surface area contributed by atoms with E-state index in [4.69, 9.17) is 12.2 Å². The molecule has 0 radical (unpaired) electrons. The molecule has 0 atom stereocenters. The molecule has 1 aliphatic rings. The zero-order valence-electron chi connectivity index (χ0n) is 15.3. The van der Waals surface area contributed by atoms with Crippen molar-refractivity contribution in [2.45, 2.75) is 19.8 Å². The Hall–Kier alpha value is -3.20. The van der Waals surface area contributed by atoms with Crippen molar-refractivity contribution in [3.8, 4) is 5.75 Å². The van der Waals surface area contributed by atoms with Crippen LogP contribution in [0.5, 0.6) is 5.75 Å². The van der Waals surface area contributed by atoms with E-state index in [0.29, 0.717) is 11.4 Å². The molecule has 1 aliphatic heterocycles. The van der Waals surface area contributed by atoms with E-state index in [0.717, 1.165) is 31.5 Å². The summed E-state index contributed by atoms with van der Waals surface area (Å²) in [5.74, 6) is -0.567. The Morgan fingerprint density at radius 1 is 1.21 bits per heavy atom. The highest BCUT2D eigenvalue weighted by Gasteiger charge is 2.24. The number of rotatable bonds is 4. The SMILES string of the molecule is Cc1ccc(NC(=S)NC(=O)c2ccc(N3CCCC3)c([N+](=O)[O-])c2)c(O)c1. The quantitative estimate of drug-likeness (QED) is 0.313. The number of phenolic OH excluding ortho intramolecular Hbond substituents is 1. The molecule has 2 aromatic carbocycles. The van der Waals surface area contributed by atoms with E-state index in [-0.39, 0.29) is 22.1 Å². The number of hydrogen-bond acceptors (Lipinski definition) is 6. The predicted octanol–water partition coefficient (Wildman–Crippen LogP) is 3.34. The molecule has 3 rings (SSSR count). The third kappa shape index (κ3) is 4.37. The summed E-state index contributed by atoms with van der Waals surface area (Å²) in [6.45, 7) is 3.36. The highest BCUT2D eigenvalue weighted by Crippen LogP contribution is 2.31. The molecule has 1 amide bonds. The van der Waals surface area contributed by atoms with Crippen molar-refractivity contribution in [3.05, 3.63) is 57.6 Å². The molecule has 28 heavy (non-hydrogen) atoms. The lowest BCUT2D eigenvalue weighted by molar-refractivity contribution is -0.384. The van der Waals surface area contributed by atoms with Gasteiger partial charge in [-0.3, -0.25) is 20.2 Å². The number of nitro benzene ring substituents is 1. The van der Waals surface area contributed by atoms with Gasteiger partial charge in [-0.05, 0) is 61.8 Å². The first-order valence-corrected chi connectivity index (χ1v) is 9.21. The second-order valence-electron chi connectivity index (χ2n) is 6.58. The van der Waals surface area contributed by atoms with E-state index in [9.17, 15) is 20.0 Å². The lowest BCUT2D eigenvalue weighted by atomic mass is 10.1. The Morgan fingerprint density at radius 3 is 2.57 bits per heavy atom. The van der Waals surface area contributed by atoms with Gasteiger partial charge in [-0.25, -0.2) is 0 Å². The fourth-order valence-corrected chi connectivity index (χ4v) is 3.32. The minimum Gasteiger partial charge on any atom is -0.506 e. The molecule has 0 aliphatic carbocycles. The molecule has 1 heterocycles. The second-order valence-corrected chi connectivity index (χ2v) is 6.99. The van der Waals surface area contributed by atoms with Crippen LogP contribution in [0.4, 0.5) is 17.1 Å². The molecular weight excluding hydrogens is 380 g/mol. The maximum Gasteiger partial charge on any atom is 0.293 e. The van der Waals surface area contributed by atoms with Gasteiger partial charge in [-0.2, -0.15) is 0 Å². The summed E-state index contributed by atoms with van der Waals surface area (Å²) in [6, 6.07) is 9.39. The van der Waals surface area contributed by atoms with Crippen LogP contribution in [0.3, 0.4) is 0 Å². The molecule has 0 aromatic heterocycles. The maximum atomic E-state index is 12.5. The number of carbonyl (C=O) groups is 1. The van der Waals surface area contributed by atoms with Gasteiger partial charge in [0, 0.05) is 24.7 Å². The highest BCUT2D eigenvalue weighted by atomic mass is 32.1. The zero-order chi connectivity index (χ0) is 20.3. The molecule has 1 fully saturated rings. The fourth-order valence-electron chi connectivity index (χ4n) is 3.11. The van der Waals surface area contributed by atoms with E-state index < -0.39 is 10.8 Å². The third-order valence-electron chi connectivity index (χ3n) is 4.51. The van der Waals surface area contributed by atoms with Crippen LogP contribution in [0, 0.1) is 17.0 Å². The molecule has 3 N–H and O–H groups in total. The van der Waals surface area contributed by atoms with Crippen molar-refractivity contribution in [1.29, 1.82) is 0 Å². The van der Waals surface area contributed by atoms with Crippen molar-refractivity contribution in [2.75, 3.05) is 23.3 Å². The Labute approximate surface area is 167 Å². The Bertz CT molecular complexity index is 942. The topological polar surface area (TPSA) is 108 Å². The number of hydrogen-bond donors (Lipinski definition) is 3. The molecule has 146 valence electrons. The van der Waals surface area contributed by atoms with E-state index in [1.54, 1.807) is 30.3 Å². The number of nitrogens with one attached hydrogen (secondary N) is 2. The summed E-state index contributed by atoms with van der Waals surface area (Å²) in [4.78, 5) is 25.4. The van der Waals surface area contributed by atoms with Crippen LogP contribution in [0.25, 0.3) is 0 Å². The lowest BCUT2D eigenvalue weighted by Gasteiger charge is -2.18. The number of thiocarbonyl (C=S) groups is 1. The number of carbonyl (C=O) groups excluding carboxylic acids is 1. The normalized spacial score (nSPS) is 13.2. The average Bonchev–Trinajstić information content (AvgIpc) is 3.18. The summed E-state index contributed by atoms with van der Waals surface area (Å²) in [6.07, 6.45) is 1.98. The summed E-state index contributed by atoms with van der Waals surface area (Å²) in [5, 5.41) is 26.6. The van der Waals surface area contributed by atoms with Crippen LogP contribution in [0.2, 0.25) is 0 Å². The van der Waals surface area contributed by atoms with Gasteiger partial charge >= 0.3 is 0 Å². The van der Waals surface area contributed by atoms with E-state index >= 15 is 0 Å². The molecule has 0 spiro atoms. The maximum absolute atomic E-state index is 12.5. The van der Waals surface area contributed by atoms with Crippen LogP contribution in [-0.4, -0.2) is 34.1 Å². The van der Waals surface area contributed by atoms with E-state index in [1.165, 1.54) is 6.07 Å². The second kappa shape index (κ2) is 8.22. The molecule has 0 bridgehead atoms. The van der Waals surface area contributed by atoms with Crippen LogP contribution in [0.15, 0.2) is 36.4 Å². The standard InChI is InChI=1S/C19H20N4O4S/c1-12-4-6-14(17(24)10-12)20-19(28)21-18(25)13-5-7-15(16(11-13)23(26)27)22-8-2-3-9-22/h4-7,10-11,24H,2-3,8-9H2,1H3,(H2,20,21,25,28). The van der Waals surface area contributed by atoms with Gasteiger partial charge in [0.05, 0.1) is 10.6 Å². The fraction of sp³-hybridized carbons (Fsp3) is 0.263. The number of anilines is 2. The molecule has 2 aromatic rings. The molecule has 9 heteroatoms. The first-order chi connectivity index (χ1) is 13.3. The van der Waals surface area contributed by atoms with Crippen molar-refractivity contribution < 1.29 is 14.8 Å². The molecule has 8 nitrogen and oxygen atoms in total. The zero-order valence-corrected chi connectivity index (χ0v) is 16.1. The molecule has 0 unspecified atom stereocenters. The predicted molar refractivity (Wildman–Crippen MR) is 111 cm³/mol. The van der Waals surface area contributed by atoms with Crippen LogP contribution in [0.1, 0.15) is 28.8 Å². The summed E-state index contributed by atoms with van der Waals surface area (Å²) < 4.78 is 0. The van der Waals surface area contributed by atoms with Crippen molar-refractivity contribution in [3.63, 3.8) is 0 Å². The van der Waals surface area contributed by atoms with Gasteiger partial charge in [0.15, 0.2) is 5.11 Å². The van der Waals surface area contributed by atoms with Crippen LogP contribution < -0.4 is 15.5 Å². The summed E-state index contributed by atoms with van der Waals surface area (Å²) >= 11 is 5.11. The Balaban J connectivity index is 1.73. The van der Waals surface area contributed by atoms with Crippen molar-refractivity contribution in [1.82, 2.24) is 5.32 Å².